The average Bonchev–Trinajstić information content (AvgIpc) is 2.14. The quantitative estimate of drug-likeness (QED) is 0.569. The van der Waals surface area contributed by atoms with E-state index in [4.69, 9.17) is 0 Å². The van der Waals surface area contributed by atoms with Crippen LogP contribution in [0.15, 0.2) is 24.4 Å². The summed E-state index contributed by atoms with van der Waals surface area (Å²) < 4.78 is 0. The molecule has 0 amide bonds. The molecule has 1 heteroatoms. The summed E-state index contributed by atoms with van der Waals surface area (Å²) in [7, 11) is 0. The van der Waals surface area contributed by atoms with Crippen molar-refractivity contribution < 1.29 is 0 Å². The van der Waals surface area contributed by atoms with Gasteiger partial charge in [0, 0.05) is 18.8 Å². The number of hydrogen-bond acceptors (Lipinski definition) is 1. The lowest BCUT2D eigenvalue weighted by atomic mass is 9.90. The van der Waals surface area contributed by atoms with E-state index in [9.17, 15) is 0 Å². The van der Waals surface area contributed by atoms with Gasteiger partial charge in [-0.1, -0.05) is 53.3 Å². The molecule has 0 fully saturated rings. The summed E-state index contributed by atoms with van der Waals surface area (Å²) in [6, 6.07) is 0. The van der Waals surface area contributed by atoms with Crippen LogP contribution < -0.4 is 0 Å². The van der Waals surface area contributed by atoms with E-state index >= 15 is 0 Å². The zero-order valence-electron chi connectivity index (χ0n) is 11.9. The molecule has 0 aliphatic carbocycles. The van der Waals surface area contributed by atoms with E-state index < -0.39 is 0 Å². The minimum absolute atomic E-state index is 0.316. The highest BCUT2D eigenvalue weighted by molar-refractivity contribution is 5.04. The van der Waals surface area contributed by atoms with Crippen LogP contribution in [-0.2, 0) is 0 Å². The van der Waals surface area contributed by atoms with Crippen molar-refractivity contribution in [3.63, 3.8) is 0 Å². The van der Waals surface area contributed by atoms with Gasteiger partial charge in [-0.2, -0.15) is 0 Å². The average molecular weight is 223 g/mol. The molecule has 0 N–H and O–H groups in total. The first-order valence-corrected chi connectivity index (χ1v) is 6.39. The third kappa shape index (κ3) is 6.71. The van der Waals surface area contributed by atoms with Crippen LogP contribution in [0.3, 0.4) is 0 Å². The van der Waals surface area contributed by atoms with Crippen molar-refractivity contribution in [3.05, 3.63) is 24.4 Å². The van der Waals surface area contributed by atoms with Gasteiger partial charge in [-0.25, -0.2) is 0 Å². The Morgan fingerprint density at radius 3 is 2.06 bits per heavy atom. The first kappa shape index (κ1) is 15.3. The Labute approximate surface area is 102 Å². The van der Waals surface area contributed by atoms with E-state index in [2.05, 4.69) is 52.7 Å². The fourth-order valence-corrected chi connectivity index (χ4v) is 1.72. The second-order valence-corrected chi connectivity index (χ2v) is 5.83. The fraction of sp³-hybridized carbons (Fsp3) is 0.733. The smallest absolute Gasteiger partial charge is 0.0383 e. The molecule has 0 saturated carbocycles. The number of allylic oxidation sites excluding steroid dienone is 1. The first-order chi connectivity index (χ1) is 7.30. The molecular weight excluding hydrogens is 194 g/mol. The molecule has 0 aromatic rings. The molecule has 0 unspecified atom stereocenters. The summed E-state index contributed by atoms with van der Waals surface area (Å²) in [5.41, 5.74) is 2.86. The summed E-state index contributed by atoms with van der Waals surface area (Å²) in [4.78, 5) is 2.39. The molecule has 0 aromatic carbocycles. The number of hydrogen-bond donors (Lipinski definition) is 0. The van der Waals surface area contributed by atoms with Crippen molar-refractivity contribution >= 4 is 0 Å². The van der Waals surface area contributed by atoms with Crippen LogP contribution in [0.4, 0.5) is 0 Å². The SMILES string of the molecule is C=C(CC)CN(CCC)C(=C)CC(C)(C)C. The molecule has 0 bridgehead atoms. The van der Waals surface area contributed by atoms with Gasteiger partial charge >= 0.3 is 0 Å². The summed E-state index contributed by atoms with van der Waals surface area (Å²) in [5, 5.41) is 0. The molecule has 16 heavy (non-hydrogen) atoms. The zero-order chi connectivity index (χ0) is 12.8. The van der Waals surface area contributed by atoms with Crippen molar-refractivity contribution in [2.45, 2.75) is 53.9 Å². The molecule has 0 aromatic heterocycles. The summed E-state index contributed by atoms with van der Waals surface area (Å²) in [6.45, 7) is 21.5. The number of rotatable bonds is 7. The largest absolute Gasteiger partial charge is 0.371 e. The Bertz CT molecular complexity index is 232. The molecule has 0 atom stereocenters. The van der Waals surface area contributed by atoms with Crippen molar-refractivity contribution in [1.29, 1.82) is 0 Å². The molecule has 0 radical (unpaired) electrons. The van der Waals surface area contributed by atoms with Crippen molar-refractivity contribution in [2.24, 2.45) is 5.41 Å². The van der Waals surface area contributed by atoms with Crippen LogP contribution >= 0.6 is 0 Å². The lowest BCUT2D eigenvalue weighted by Crippen LogP contribution is -2.27. The van der Waals surface area contributed by atoms with Crippen LogP contribution in [0.2, 0.25) is 0 Å². The van der Waals surface area contributed by atoms with Crippen LogP contribution in [-0.4, -0.2) is 18.0 Å². The Morgan fingerprint density at radius 1 is 1.12 bits per heavy atom. The molecule has 0 spiro atoms. The molecular formula is C15H29N. The topological polar surface area (TPSA) is 3.24 Å². The maximum atomic E-state index is 4.23. The van der Waals surface area contributed by atoms with Gasteiger partial charge in [0.05, 0.1) is 0 Å². The van der Waals surface area contributed by atoms with Gasteiger partial charge in [-0.15, -0.1) is 0 Å². The van der Waals surface area contributed by atoms with Gasteiger partial charge in [0.1, 0.15) is 0 Å². The van der Waals surface area contributed by atoms with E-state index in [1.54, 1.807) is 0 Å². The minimum Gasteiger partial charge on any atom is -0.371 e. The predicted molar refractivity (Wildman–Crippen MR) is 74.5 cm³/mol. The summed E-state index contributed by atoms with van der Waals surface area (Å²) >= 11 is 0. The highest BCUT2D eigenvalue weighted by Gasteiger charge is 2.16. The van der Waals surface area contributed by atoms with E-state index in [-0.39, 0.29) is 0 Å². The van der Waals surface area contributed by atoms with Crippen LogP contribution in [0.5, 0.6) is 0 Å². The Balaban J connectivity index is 4.40. The summed E-state index contributed by atoms with van der Waals surface area (Å²) in [5.74, 6) is 0. The van der Waals surface area contributed by atoms with Gasteiger partial charge < -0.3 is 4.90 Å². The van der Waals surface area contributed by atoms with Gasteiger partial charge in [0.15, 0.2) is 0 Å². The third-order valence-corrected chi connectivity index (χ3v) is 2.59. The molecule has 0 heterocycles. The Hall–Kier alpha value is -0.720. The molecule has 0 saturated heterocycles. The normalized spacial score (nSPS) is 11.3. The third-order valence-electron chi connectivity index (χ3n) is 2.59. The molecule has 1 nitrogen and oxygen atoms in total. The van der Waals surface area contributed by atoms with E-state index in [0.717, 1.165) is 25.9 Å². The van der Waals surface area contributed by atoms with Gasteiger partial charge in [-0.05, 0) is 24.7 Å². The molecule has 0 rings (SSSR count). The Morgan fingerprint density at radius 2 is 1.69 bits per heavy atom. The van der Waals surface area contributed by atoms with Crippen molar-refractivity contribution in [3.8, 4) is 0 Å². The Kier molecular flexibility index (Phi) is 6.47. The molecule has 94 valence electrons. The maximum absolute atomic E-state index is 4.23. The van der Waals surface area contributed by atoms with Gasteiger partial charge in [0.2, 0.25) is 0 Å². The van der Waals surface area contributed by atoms with Crippen molar-refractivity contribution in [1.82, 2.24) is 4.90 Å². The fourth-order valence-electron chi connectivity index (χ4n) is 1.72. The van der Waals surface area contributed by atoms with E-state index in [0.29, 0.717) is 5.41 Å². The van der Waals surface area contributed by atoms with Crippen LogP contribution in [0.1, 0.15) is 53.9 Å². The van der Waals surface area contributed by atoms with E-state index in [1.807, 2.05) is 0 Å². The molecule has 0 aliphatic heterocycles. The van der Waals surface area contributed by atoms with Crippen molar-refractivity contribution in [2.75, 3.05) is 13.1 Å². The highest BCUT2D eigenvalue weighted by Crippen LogP contribution is 2.25. The predicted octanol–water partition coefficient (Wildman–Crippen LogP) is 4.61. The second kappa shape index (κ2) is 6.78. The standard InChI is InChI=1S/C15H29N/c1-8-10-16(12-13(3)9-2)14(4)11-15(5,6)7/h3-4,8-12H2,1-2,5-7H3. The lowest BCUT2D eigenvalue weighted by molar-refractivity contribution is 0.304. The van der Waals surface area contributed by atoms with Crippen LogP contribution in [0.25, 0.3) is 0 Å². The zero-order valence-corrected chi connectivity index (χ0v) is 11.9. The lowest BCUT2D eigenvalue weighted by Gasteiger charge is -2.31. The second-order valence-electron chi connectivity index (χ2n) is 5.83. The minimum atomic E-state index is 0.316. The monoisotopic (exact) mass is 223 g/mol. The highest BCUT2D eigenvalue weighted by atomic mass is 15.1. The maximum Gasteiger partial charge on any atom is 0.0383 e. The van der Waals surface area contributed by atoms with Gasteiger partial charge in [0.25, 0.3) is 0 Å². The first-order valence-electron chi connectivity index (χ1n) is 6.39. The van der Waals surface area contributed by atoms with Gasteiger partial charge in [-0.3, -0.25) is 0 Å². The summed E-state index contributed by atoms with van der Waals surface area (Å²) in [6.07, 6.45) is 3.28. The molecule has 0 aliphatic rings. The number of nitrogens with zero attached hydrogens (tertiary/aromatic N) is 1. The van der Waals surface area contributed by atoms with Crippen LogP contribution in [0, 0.1) is 5.41 Å². The van der Waals surface area contributed by atoms with E-state index in [1.165, 1.54) is 17.7 Å².